The van der Waals surface area contributed by atoms with Crippen molar-refractivity contribution in [1.29, 1.82) is 0 Å². The molecular weight excluding hydrogens is 396 g/mol. The van der Waals surface area contributed by atoms with Crippen LogP contribution in [0.15, 0.2) is 58.8 Å². The molecule has 1 aromatic carbocycles. The van der Waals surface area contributed by atoms with Crippen LogP contribution in [0.4, 0.5) is 0 Å². The van der Waals surface area contributed by atoms with Gasteiger partial charge in [-0.1, -0.05) is 18.2 Å². The maximum absolute atomic E-state index is 12.8. The first kappa shape index (κ1) is 19.1. The zero-order chi connectivity index (χ0) is 20.5. The highest BCUT2D eigenvalue weighted by molar-refractivity contribution is 7.13. The largest absolute Gasteiger partial charge is 0.393 e. The van der Waals surface area contributed by atoms with Crippen molar-refractivity contribution in [2.24, 2.45) is 0 Å². The number of aromatic nitrogens is 3. The zero-order valence-corrected chi connectivity index (χ0v) is 17.2. The second-order valence-electron chi connectivity index (χ2n) is 7.69. The van der Waals surface area contributed by atoms with Crippen molar-refractivity contribution in [2.45, 2.75) is 25.5 Å². The van der Waals surface area contributed by atoms with Gasteiger partial charge >= 0.3 is 0 Å². The van der Waals surface area contributed by atoms with E-state index in [9.17, 15) is 9.90 Å². The first-order chi connectivity index (χ1) is 14.7. The molecule has 1 aliphatic heterocycles. The van der Waals surface area contributed by atoms with E-state index in [1.165, 1.54) is 11.3 Å². The van der Waals surface area contributed by atoms with Gasteiger partial charge in [0.2, 0.25) is 0 Å². The topological polar surface area (TPSA) is 82.1 Å². The average Bonchev–Trinajstić information content (AvgIpc) is 3.25. The minimum atomic E-state index is -0.170. The van der Waals surface area contributed by atoms with Gasteiger partial charge in [0.15, 0.2) is 0 Å². The number of fused-ring (bicyclic) bond motifs is 1. The van der Waals surface area contributed by atoms with Crippen LogP contribution in [-0.2, 0) is 6.54 Å². The number of benzene rings is 1. The fourth-order valence-corrected chi connectivity index (χ4v) is 4.67. The number of likely N-dealkylation sites (tertiary alicyclic amines) is 1. The van der Waals surface area contributed by atoms with Gasteiger partial charge in [-0.3, -0.25) is 14.7 Å². The monoisotopic (exact) mass is 418 g/mol. The van der Waals surface area contributed by atoms with E-state index >= 15 is 0 Å². The minimum absolute atomic E-state index is 0.140. The Hall–Kier alpha value is -2.87. The van der Waals surface area contributed by atoms with Crippen LogP contribution in [0.3, 0.4) is 0 Å². The third kappa shape index (κ3) is 3.92. The van der Waals surface area contributed by atoms with Crippen molar-refractivity contribution >= 4 is 22.2 Å². The molecule has 0 atom stereocenters. The molecule has 152 valence electrons. The Morgan fingerprint density at radius 1 is 1.13 bits per heavy atom. The summed E-state index contributed by atoms with van der Waals surface area (Å²) in [6.07, 6.45) is 3.21. The van der Waals surface area contributed by atoms with Gasteiger partial charge in [0.25, 0.3) is 5.56 Å². The lowest BCUT2D eigenvalue weighted by molar-refractivity contribution is 0.0792. The predicted molar refractivity (Wildman–Crippen MR) is 119 cm³/mol. The summed E-state index contributed by atoms with van der Waals surface area (Å²) < 4.78 is 0. The molecule has 1 aliphatic rings. The lowest BCUT2D eigenvalue weighted by atomic mass is 10.1. The van der Waals surface area contributed by atoms with E-state index < -0.39 is 0 Å². The van der Waals surface area contributed by atoms with Gasteiger partial charge in [0, 0.05) is 36.7 Å². The maximum atomic E-state index is 12.8. The minimum Gasteiger partial charge on any atom is -0.393 e. The molecule has 0 spiro atoms. The van der Waals surface area contributed by atoms with Crippen molar-refractivity contribution in [3.05, 3.63) is 70.0 Å². The lowest BCUT2D eigenvalue weighted by Crippen LogP contribution is -2.35. The van der Waals surface area contributed by atoms with E-state index in [1.54, 1.807) is 6.20 Å². The number of hydrogen-bond donors (Lipinski definition) is 2. The molecule has 4 aromatic rings. The molecule has 0 radical (unpaired) electrons. The molecule has 0 aliphatic carbocycles. The number of nitrogens with one attached hydrogen (secondary N) is 1. The second kappa shape index (κ2) is 8.10. The number of nitrogens with zero attached hydrogens (tertiary/aromatic N) is 3. The third-order valence-corrected chi connectivity index (χ3v) is 6.40. The number of aliphatic hydroxyl groups excluding tert-OH is 1. The summed E-state index contributed by atoms with van der Waals surface area (Å²) in [7, 11) is 0. The number of pyridine rings is 2. The quantitative estimate of drug-likeness (QED) is 0.528. The van der Waals surface area contributed by atoms with E-state index in [4.69, 9.17) is 0 Å². The molecule has 7 heteroatoms. The van der Waals surface area contributed by atoms with Gasteiger partial charge in [0.1, 0.15) is 5.01 Å². The summed E-state index contributed by atoms with van der Waals surface area (Å²) in [5.74, 6) is 0. The summed E-state index contributed by atoms with van der Waals surface area (Å²) in [6, 6.07) is 13.8. The number of H-pyrrole nitrogens is 1. The van der Waals surface area contributed by atoms with Crippen LogP contribution in [0, 0.1) is 0 Å². The Bertz CT molecular complexity index is 1230. The fourth-order valence-electron chi connectivity index (χ4n) is 3.88. The maximum Gasteiger partial charge on any atom is 0.257 e. The van der Waals surface area contributed by atoms with Crippen LogP contribution in [0.2, 0.25) is 0 Å². The Morgan fingerprint density at radius 3 is 2.80 bits per heavy atom. The van der Waals surface area contributed by atoms with Crippen LogP contribution in [0.1, 0.15) is 18.4 Å². The number of thiazole rings is 1. The summed E-state index contributed by atoms with van der Waals surface area (Å²) in [6.45, 7) is 2.63. The van der Waals surface area contributed by atoms with E-state index in [0.717, 1.165) is 59.6 Å². The number of hydrogen-bond acceptors (Lipinski definition) is 6. The summed E-state index contributed by atoms with van der Waals surface area (Å²) in [5.41, 5.74) is 3.89. The molecule has 30 heavy (non-hydrogen) atoms. The van der Waals surface area contributed by atoms with Crippen LogP contribution in [0.25, 0.3) is 32.9 Å². The van der Waals surface area contributed by atoms with E-state index in [2.05, 4.69) is 32.0 Å². The molecule has 1 fully saturated rings. The molecule has 0 saturated carbocycles. The smallest absolute Gasteiger partial charge is 0.257 e. The summed E-state index contributed by atoms with van der Waals surface area (Å²) >= 11 is 1.48. The Morgan fingerprint density at radius 2 is 2.00 bits per heavy atom. The van der Waals surface area contributed by atoms with Crippen molar-refractivity contribution in [3.63, 3.8) is 0 Å². The number of piperidine rings is 1. The van der Waals surface area contributed by atoms with Crippen LogP contribution < -0.4 is 5.56 Å². The molecule has 2 N–H and O–H groups in total. The SMILES string of the molecule is O=c1[nH]c2cc(CN3CCC(O)CC3)ccc2cc1-c1csc(-c2ccccn2)n1. The number of aliphatic hydroxyl groups is 1. The van der Waals surface area contributed by atoms with Gasteiger partial charge in [0.05, 0.1) is 23.1 Å². The van der Waals surface area contributed by atoms with Gasteiger partial charge in [-0.25, -0.2) is 4.98 Å². The second-order valence-corrected chi connectivity index (χ2v) is 8.55. The van der Waals surface area contributed by atoms with Crippen molar-refractivity contribution in [2.75, 3.05) is 13.1 Å². The van der Waals surface area contributed by atoms with Gasteiger partial charge in [-0.15, -0.1) is 11.3 Å². The average molecular weight is 419 g/mol. The molecule has 6 nitrogen and oxygen atoms in total. The Kier molecular flexibility index (Phi) is 5.16. The molecule has 1 saturated heterocycles. The first-order valence-electron chi connectivity index (χ1n) is 10.1. The number of aromatic amines is 1. The van der Waals surface area contributed by atoms with E-state index in [0.29, 0.717) is 11.3 Å². The van der Waals surface area contributed by atoms with Crippen LogP contribution in [0.5, 0.6) is 0 Å². The standard InChI is InChI=1S/C23H22N4O2S/c28-17-6-9-27(10-7-17)13-15-4-5-16-12-18(22(29)25-20(16)11-15)21-14-30-23(26-21)19-3-1-2-8-24-19/h1-5,8,11-12,14,17,28H,6-7,9-10,13H2,(H,25,29). The Balaban J connectivity index is 1.42. The first-order valence-corrected chi connectivity index (χ1v) is 11.0. The van der Waals surface area contributed by atoms with Gasteiger partial charge in [-0.05, 0) is 48.1 Å². The molecule has 0 bridgehead atoms. The van der Waals surface area contributed by atoms with Crippen molar-refractivity contribution in [1.82, 2.24) is 19.9 Å². The molecule has 0 amide bonds. The predicted octanol–water partition coefficient (Wildman–Crippen LogP) is 3.67. The van der Waals surface area contributed by atoms with Gasteiger partial charge < -0.3 is 10.1 Å². The molecule has 0 unspecified atom stereocenters. The van der Waals surface area contributed by atoms with Gasteiger partial charge in [-0.2, -0.15) is 0 Å². The molecule has 4 heterocycles. The lowest BCUT2D eigenvalue weighted by Gasteiger charge is -2.29. The normalized spacial score (nSPS) is 15.6. The highest BCUT2D eigenvalue weighted by Gasteiger charge is 2.17. The Labute approximate surface area is 177 Å². The highest BCUT2D eigenvalue weighted by atomic mass is 32.1. The van der Waals surface area contributed by atoms with E-state index in [1.807, 2.05) is 35.7 Å². The van der Waals surface area contributed by atoms with Crippen LogP contribution >= 0.6 is 11.3 Å². The van der Waals surface area contributed by atoms with Crippen LogP contribution in [-0.4, -0.2) is 44.2 Å². The summed E-state index contributed by atoms with van der Waals surface area (Å²) in [4.78, 5) is 27.1. The van der Waals surface area contributed by atoms with Crippen molar-refractivity contribution < 1.29 is 5.11 Å². The molecule has 3 aromatic heterocycles. The fraction of sp³-hybridized carbons (Fsp3) is 0.261. The zero-order valence-electron chi connectivity index (χ0n) is 16.4. The summed E-state index contributed by atoms with van der Waals surface area (Å²) in [5, 5.41) is 13.4. The van der Waals surface area contributed by atoms with E-state index in [-0.39, 0.29) is 11.7 Å². The molecule has 5 rings (SSSR count). The molecular formula is C23H22N4O2S. The highest BCUT2D eigenvalue weighted by Crippen LogP contribution is 2.27. The van der Waals surface area contributed by atoms with Crippen molar-refractivity contribution in [3.8, 4) is 22.0 Å². The third-order valence-electron chi connectivity index (χ3n) is 5.54. The number of rotatable bonds is 4.